The van der Waals surface area contributed by atoms with Crippen LogP contribution in [0.5, 0.6) is 0 Å². The predicted molar refractivity (Wildman–Crippen MR) is 113 cm³/mol. The summed E-state index contributed by atoms with van der Waals surface area (Å²) in [6.07, 6.45) is 3.13. The van der Waals surface area contributed by atoms with Gasteiger partial charge in [-0.2, -0.15) is 9.13 Å². The molecule has 2 aromatic carbocycles. The molecule has 136 valence electrons. The van der Waals surface area contributed by atoms with Gasteiger partial charge in [-0.1, -0.05) is 30.3 Å². The highest BCUT2D eigenvalue weighted by Crippen LogP contribution is 2.40. The largest absolute Gasteiger partial charge is 0.277 e. The molecule has 2 aromatic heterocycles. The second-order valence-electron chi connectivity index (χ2n) is 7.65. The van der Waals surface area contributed by atoms with Crippen molar-refractivity contribution >= 4 is 0 Å². The molecule has 28 heavy (non-hydrogen) atoms. The van der Waals surface area contributed by atoms with E-state index in [9.17, 15) is 0 Å². The van der Waals surface area contributed by atoms with Crippen molar-refractivity contribution in [3.05, 3.63) is 95.7 Å². The molecule has 0 amide bonds. The topological polar surface area (TPSA) is 7.76 Å². The van der Waals surface area contributed by atoms with Gasteiger partial charge in [0.05, 0.1) is 0 Å². The summed E-state index contributed by atoms with van der Waals surface area (Å²) in [5.41, 5.74) is 12.1. The summed E-state index contributed by atoms with van der Waals surface area (Å²) in [7, 11) is 4.26. The molecule has 2 heteroatoms. The van der Waals surface area contributed by atoms with Crippen molar-refractivity contribution in [2.75, 3.05) is 0 Å². The summed E-state index contributed by atoms with van der Waals surface area (Å²) in [5.74, 6) is 0. The van der Waals surface area contributed by atoms with Crippen molar-refractivity contribution < 1.29 is 9.13 Å². The van der Waals surface area contributed by atoms with Crippen LogP contribution in [0.1, 0.15) is 16.7 Å². The van der Waals surface area contributed by atoms with Gasteiger partial charge in [0.1, 0.15) is 14.1 Å². The van der Waals surface area contributed by atoms with Crippen LogP contribution in [0.15, 0.2) is 79.0 Å². The molecule has 0 atom stereocenters. The monoisotopic (exact) mass is 364 g/mol. The zero-order valence-corrected chi connectivity index (χ0v) is 16.6. The summed E-state index contributed by atoms with van der Waals surface area (Å²) >= 11 is 0. The highest BCUT2D eigenvalue weighted by Gasteiger charge is 2.26. The Hall–Kier alpha value is -3.26. The molecule has 0 saturated carbocycles. The molecule has 0 spiro atoms. The molecule has 0 fully saturated rings. The zero-order chi connectivity index (χ0) is 19.3. The minimum Gasteiger partial charge on any atom is -0.196 e. The Labute approximate surface area is 166 Å². The van der Waals surface area contributed by atoms with Gasteiger partial charge in [-0.3, -0.25) is 0 Å². The van der Waals surface area contributed by atoms with Crippen LogP contribution in [-0.4, -0.2) is 0 Å². The van der Waals surface area contributed by atoms with Crippen LogP contribution in [-0.2, 0) is 20.5 Å². The number of aryl methyl sites for hydroxylation is 1. The van der Waals surface area contributed by atoms with Gasteiger partial charge in [-0.25, -0.2) is 0 Å². The third-order valence-corrected chi connectivity index (χ3v) is 6.10. The van der Waals surface area contributed by atoms with Gasteiger partial charge in [0.25, 0.3) is 11.4 Å². The van der Waals surface area contributed by atoms with E-state index in [1.165, 1.54) is 50.5 Å². The summed E-state index contributed by atoms with van der Waals surface area (Å²) in [6, 6.07) is 26.3. The van der Waals surface area contributed by atoms with Crippen molar-refractivity contribution in [3.8, 4) is 33.8 Å². The molecule has 1 aliphatic rings. The summed E-state index contributed by atoms with van der Waals surface area (Å²) in [6.45, 7) is 2.27. The molecule has 0 radical (unpaired) electrons. The fourth-order valence-electron chi connectivity index (χ4n) is 4.54. The van der Waals surface area contributed by atoms with Crippen molar-refractivity contribution in [1.82, 2.24) is 0 Å². The lowest BCUT2D eigenvalue weighted by molar-refractivity contribution is -0.685. The van der Waals surface area contributed by atoms with Crippen molar-refractivity contribution in [2.24, 2.45) is 14.1 Å². The quantitative estimate of drug-likeness (QED) is 0.406. The average molecular weight is 364 g/mol. The summed E-state index contributed by atoms with van der Waals surface area (Å²) in [4.78, 5) is 0. The Morgan fingerprint density at radius 2 is 1.36 bits per heavy atom. The predicted octanol–water partition coefficient (Wildman–Crippen LogP) is 4.55. The Bertz CT molecular complexity index is 1220. The molecule has 0 N–H and O–H groups in total. The van der Waals surface area contributed by atoms with E-state index in [-0.39, 0.29) is 0 Å². The molecular weight excluding hydrogens is 340 g/mol. The van der Waals surface area contributed by atoms with Crippen LogP contribution in [0.2, 0.25) is 0 Å². The third-order valence-electron chi connectivity index (χ3n) is 6.10. The number of hydrogen-bond acceptors (Lipinski definition) is 0. The molecule has 0 saturated heterocycles. The smallest absolute Gasteiger partial charge is 0.196 e. The first-order valence-electron chi connectivity index (χ1n) is 9.80. The summed E-state index contributed by atoms with van der Waals surface area (Å²) < 4.78 is 4.48. The highest BCUT2D eigenvalue weighted by atomic mass is 15.0. The van der Waals surface area contributed by atoms with Crippen LogP contribution in [0.25, 0.3) is 33.8 Å². The van der Waals surface area contributed by atoms with Crippen LogP contribution < -0.4 is 9.13 Å². The van der Waals surface area contributed by atoms with Gasteiger partial charge in [-0.05, 0) is 59.4 Å². The molecular formula is C26H24N2+2. The average Bonchev–Trinajstić information content (AvgIpc) is 3.09. The number of hydrogen-bond donors (Lipinski definition) is 0. The minimum atomic E-state index is 1.03. The summed E-state index contributed by atoms with van der Waals surface area (Å²) in [5, 5.41) is 0. The fraction of sp³-hybridized carbons (Fsp3) is 0.154. The minimum absolute atomic E-state index is 1.03. The van der Waals surface area contributed by atoms with Gasteiger partial charge >= 0.3 is 0 Å². The van der Waals surface area contributed by atoms with E-state index < -0.39 is 0 Å². The van der Waals surface area contributed by atoms with E-state index in [1.54, 1.807) is 0 Å². The SMILES string of the molecule is Cc1c(-c2cccc(-c3cccc[n+]3C)[n+]2C)ccc2c1Cc1ccccc1-2. The van der Waals surface area contributed by atoms with Gasteiger partial charge in [0.2, 0.25) is 5.69 Å². The van der Waals surface area contributed by atoms with Gasteiger partial charge in [-0.15, -0.1) is 0 Å². The Morgan fingerprint density at radius 1 is 0.643 bits per heavy atom. The van der Waals surface area contributed by atoms with E-state index in [0.717, 1.165) is 6.42 Å². The van der Waals surface area contributed by atoms with E-state index in [4.69, 9.17) is 0 Å². The maximum absolute atomic E-state index is 2.31. The van der Waals surface area contributed by atoms with Gasteiger partial charge < -0.3 is 0 Å². The van der Waals surface area contributed by atoms with Crippen molar-refractivity contribution in [1.29, 1.82) is 0 Å². The van der Waals surface area contributed by atoms with Gasteiger partial charge in [0.15, 0.2) is 6.20 Å². The Balaban J connectivity index is 1.67. The van der Waals surface area contributed by atoms with Crippen LogP contribution in [0.4, 0.5) is 0 Å². The normalized spacial score (nSPS) is 12.0. The number of fused-ring (bicyclic) bond motifs is 3. The molecule has 0 aliphatic heterocycles. The maximum Gasteiger partial charge on any atom is 0.277 e. The molecule has 0 bridgehead atoms. The maximum atomic E-state index is 2.31. The Morgan fingerprint density at radius 3 is 2.21 bits per heavy atom. The molecule has 5 rings (SSSR count). The standard InChI is InChI=1S/C26H24N2/c1-18-20(14-15-22-21-10-5-4-9-19(21)17-23(18)22)24-12-8-13-26(28(24)3)25-11-6-7-16-27(25)2/h4-16H,17H2,1-3H3/q+2. The number of aromatic nitrogens is 2. The van der Waals surface area contributed by atoms with E-state index >= 15 is 0 Å². The molecule has 4 aromatic rings. The Kier molecular flexibility index (Phi) is 3.87. The highest BCUT2D eigenvalue weighted by molar-refractivity contribution is 5.81. The molecule has 0 unspecified atom stereocenters. The van der Waals surface area contributed by atoms with Crippen LogP contribution >= 0.6 is 0 Å². The second-order valence-corrected chi connectivity index (χ2v) is 7.65. The van der Waals surface area contributed by atoms with Crippen LogP contribution in [0, 0.1) is 6.92 Å². The van der Waals surface area contributed by atoms with Crippen molar-refractivity contribution in [3.63, 3.8) is 0 Å². The first-order chi connectivity index (χ1) is 13.6. The molecule has 1 aliphatic carbocycles. The van der Waals surface area contributed by atoms with Crippen LogP contribution in [0.3, 0.4) is 0 Å². The van der Waals surface area contributed by atoms with E-state index in [2.05, 4.69) is 109 Å². The lowest BCUT2D eigenvalue weighted by Crippen LogP contribution is -2.39. The second kappa shape index (κ2) is 6.42. The molecule has 2 nitrogen and oxygen atoms in total. The number of nitrogens with zero attached hydrogens (tertiary/aromatic N) is 2. The first-order valence-corrected chi connectivity index (χ1v) is 9.80. The first kappa shape index (κ1) is 16.9. The fourth-order valence-corrected chi connectivity index (χ4v) is 4.54. The van der Waals surface area contributed by atoms with Gasteiger partial charge in [0, 0.05) is 29.8 Å². The van der Waals surface area contributed by atoms with E-state index in [1.807, 2.05) is 0 Å². The number of rotatable bonds is 2. The molecule has 2 heterocycles. The number of pyridine rings is 2. The zero-order valence-electron chi connectivity index (χ0n) is 16.6. The van der Waals surface area contributed by atoms with Crippen molar-refractivity contribution in [2.45, 2.75) is 13.3 Å². The third kappa shape index (κ3) is 2.49. The lowest BCUT2D eigenvalue weighted by Gasteiger charge is -2.11. The van der Waals surface area contributed by atoms with E-state index in [0.29, 0.717) is 0 Å². The number of benzene rings is 2. The lowest BCUT2D eigenvalue weighted by atomic mass is 9.95.